The lowest BCUT2D eigenvalue weighted by molar-refractivity contribution is -0.137. The number of aromatic nitrogens is 1. The zero-order valence-electron chi connectivity index (χ0n) is 14.8. The van der Waals surface area contributed by atoms with E-state index < -0.39 is 0 Å². The molecular formula is C20H24N2O3. The van der Waals surface area contributed by atoms with Crippen molar-refractivity contribution in [2.75, 3.05) is 19.0 Å². The van der Waals surface area contributed by atoms with Crippen molar-refractivity contribution in [3.05, 3.63) is 66.5 Å². The summed E-state index contributed by atoms with van der Waals surface area (Å²) in [5, 5.41) is 3.50. The first-order valence-electron chi connectivity index (χ1n) is 8.29. The number of benzene rings is 1. The number of nitrogens with one attached hydrogen (secondary N) is 1. The molecular weight excluding hydrogens is 316 g/mol. The van der Waals surface area contributed by atoms with Crippen LogP contribution in [-0.2, 0) is 9.53 Å². The lowest BCUT2D eigenvalue weighted by Gasteiger charge is -2.24. The van der Waals surface area contributed by atoms with Crippen LogP contribution in [0.15, 0.2) is 60.9 Å². The van der Waals surface area contributed by atoms with Crippen LogP contribution in [0.4, 0.5) is 5.69 Å². The monoisotopic (exact) mass is 340 g/mol. The van der Waals surface area contributed by atoms with Crippen molar-refractivity contribution in [3.63, 3.8) is 0 Å². The Bertz CT molecular complexity index is 684. The van der Waals surface area contributed by atoms with Gasteiger partial charge in [-0.1, -0.05) is 19.1 Å². The molecule has 0 fully saturated rings. The minimum Gasteiger partial charge on any atom is -0.497 e. The predicted octanol–water partition coefficient (Wildman–Crippen LogP) is 4.00. The number of rotatable bonds is 8. The number of carbonyl (C=O) groups excluding carboxylic acids is 1. The summed E-state index contributed by atoms with van der Waals surface area (Å²) >= 11 is 0. The number of methoxy groups -OCH3 is 1. The number of nitrogens with zero attached hydrogens (tertiary/aromatic N) is 1. The van der Waals surface area contributed by atoms with Crippen molar-refractivity contribution in [1.29, 1.82) is 0 Å². The Kier molecular flexibility index (Phi) is 7.01. The van der Waals surface area contributed by atoms with Crippen molar-refractivity contribution in [3.8, 4) is 5.75 Å². The third-order valence-electron chi connectivity index (χ3n) is 3.80. The van der Waals surface area contributed by atoms with Gasteiger partial charge in [-0.25, -0.2) is 4.79 Å². The Labute approximate surface area is 148 Å². The molecule has 1 aromatic carbocycles. The number of carbonyl (C=O) groups is 1. The number of pyridine rings is 1. The van der Waals surface area contributed by atoms with Gasteiger partial charge in [0.1, 0.15) is 5.75 Å². The van der Waals surface area contributed by atoms with E-state index in [1.54, 1.807) is 20.2 Å². The van der Waals surface area contributed by atoms with Gasteiger partial charge in [0, 0.05) is 24.2 Å². The summed E-state index contributed by atoms with van der Waals surface area (Å²) in [6, 6.07) is 11.6. The summed E-state index contributed by atoms with van der Waals surface area (Å²) in [7, 11) is 1.64. The van der Waals surface area contributed by atoms with E-state index in [9.17, 15) is 4.79 Å². The molecule has 0 aliphatic rings. The second kappa shape index (κ2) is 9.47. The molecule has 132 valence electrons. The summed E-state index contributed by atoms with van der Waals surface area (Å²) in [4.78, 5) is 15.8. The quantitative estimate of drug-likeness (QED) is 0.581. The maximum absolute atomic E-state index is 11.6. The van der Waals surface area contributed by atoms with Crippen LogP contribution in [0, 0.1) is 5.92 Å². The van der Waals surface area contributed by atoms with Gasteiger partial charge in [-0.2, -0.15) is 0 Å². The number of hydrogen-bond donors (Lipinski definition) is 1. The summed E-state index contributed by atoms with van der Waals surface area (Å²) in [5.74, 6) is 0.526. The zero-order chi connectivity index (χ0) is 18.1. The highest BCUT2D eigenvalue weighted by atomic mass is 16.5. The van der Waals surface area contributed by atoms with E-state index in [-0.39, 0.29) is 17.9 Å². The first-order valence-corrected chi connectivity index (χ1v) is 8.29. The van der Waals surface area contributed by atoms with Crippen LogP contribution in [0.1, 0.15) is 25.5 Å². The average Bonchev–Trinajstić information content (AvgIpc) is 2.65. The number of hydrogen-bond acceptors (Lipinski definition) is 5. The van der Waals surface area contributed by atoms with Gasteiger partial charge in [-0.3, -0.25) is 4.98 Å². The Morgan fingerprint density at radius 3 is 2.64 bits per heavy atom. The van der Waals surface area contributed by atoms with Crippen LogP contribution in [0.3, 0.4) is 0 Å². The van der Waals surface area contributed by atoms with Gasteiger partial charge in [0.25, 0.3) is 0 Å². The van der Waals surface area contributed by atoms with Crippen molar-refractivity contribution in [1.82, 2.24) is 4.98 Å². The smallest absolute Gasteiger partial charge is 0.330 e. The van der Waals surface area contributed by atoms with E-state index in [2.05, 4.69) is 10.3 Å². The van der Waals surface area contributed by atoms with E-state index in [1.807, 2.05) is 55.6 Å². The minimum absolute atomic E-state index is 0.0345. The van der Waals surface area contributed by atoms with E-state index in [0.29, 0.717) is 6.61 Å². The lowest BCUT2D eigenvalue weighted by Crippen LogP contribution is -2.18. The molecule has 0 spiro atoms. The van der Waals surface area contributed by atoms with Gasteiger partial charge < -0.3 is 14.8 Å². The number of anilines is 1. The third kappa shape index (κ3) is 5.64. The Morgan fingerprint density at radius 2 is 2.04 bits per heavy atom. The minimum atomic E-state index is -0.330. The molecule has 2 rings (SSSR count). The highest BCUT2D eigenvalue weighted by Crippen LogP contribution is 2.28. The first kappa shape index (κ1) is 18.5. The highest BCUT2D eigenvalue weighted by Gasteiger charge is 2.18. The molecule has 1 heterocycles. The summed E-state index contributed by atoms with van der Waals surface area (Å²) < 4.78 is 10.1. The number of esters is 1. The Morgan fingerprint density at radius 1 is 1.28 bits per heavy atom. The molecule has 1 aromatic heterocycles. The van der Waals surface area contributed by atoms with E-state index in [0.717, 1.165) is 17.0 Å². The largest absolute Gasteiger partial charge is 0.497 e. The van der Waals surface area contributed by atoms with Crippen LogP contribution >= 0.6 is 0 Å². The molecule has 1 N–H and O–H groups in total. The Balaban J connectivity index is 2.19. The molecule has 0 unspecified atom stereocenters. The van der Waals surface area contributed by atoms with Crippen LogP contribution < -0.4 is 10.1 Å². The van der Waals surface area contributed by atoms with E-state index in [4.69, 9.17) is 9.47 Å². The van der Waals surface area contributed by atoms with Crippen molar-refractivity contribution in [2.24, 2.45) is 5.92 Å². The topological polar surface area (TPSA) is 60.5 Å². The fraction of sp³-hybridized carbons (Fsp3) is 0.300. The summed E-state index contributed by atoms with van der Waals surface area (Å²) in [6.07, 6.45) is 6.91. The molecule has 25 heavy (non-hydrogen) atoms. The first-order chi connectivity index (χ1) is 12.1. The van der Waals surface area contributed by atoms with Crippen molar-refractivity contribution < 1.29 is 14.3 Å². The molecule has 5 nitrogen and oxygen atoms in total. The normalized spacial score (nSPS) is 13.2. The second-order valence-corrected chi connectivity index (χ2v) is 5.61. The van der Waals surface area contributed by atoms with Gasteiger partial charge in [0.15, 0.2) is 0 Å². The second-order valence-electron chi connectivity index (χ2n) is 5.61. The molecule has 0 saturated carbocycles. The van der Waals surface area contributed by atoms with Crippen LogP contribution in [0.2, 0.25) is 0 Å². The zero-order valence-corrected chi connectivity index (χ0v) is 14.8. The van der Waals surface area contributed by atoms with Gasteiger partial charge in [0.2, 0.25) is 0 Å². The standard InChI is InChI=1S/C20H24N2O3/c1-4-25-19(23)12-7-15(2)20(16-6-5-13-21-14-16)22-17-8-10-18(24-3)11-9-17/h5-15,20,22H,4H2,1-3H3/b12-7+/t15-,20-/m0/s1. The van der Waals surface area contributed by atoms with Crippen molar-refractivity contribution in [2.45, 2.75) is 19.9 Å². The van der Waals surface area contributed by atoms with Crippen molar-refractivity contribution >= 4 is 11.7 Å². The molecule has 0 amide bonds. The Hall–Kier alpha value is -2.82. The molecule has 0 radical (unpaired) electrons. The lowest BCUT2D eigenvalue weighted by atomic mass is 9.94. The molecule has 2 aromatic rings. The van der Waals surface area contributed by atoms with Crippen LogP contribution in [-0.4, -0.2) is 24.7 Å². The summed E-state index contributed by atoms with van der Waals surface area (Å²) in [6.45, 7) is 4.20. The van der Waals surface area contributed by atoms with E-state index in [1.165, 1.54) is 6.08 Å². The van der Waals surface area contributed by atoms with Gasteiger partial charge >= 0.3 is 5.97 Å². The van der Waals surface area contributed by atoms with Gasteiger partial charge in [0.05, 0.1) is 19.8 Å². The predicted molar refractivity (Wildman–Crippen MR) is 98.5 cm³/mol. The molecule has 0 aliphatic heterocycles. The SMILES string of the molecule is CCOC(=O)/C=C/[C@H](C)[C@H](Nc1ccc(OC)cc1)c1cccnc1. The molecule has 0 saturated heterocycles. The van der Waals surface area contributed by atoms with Crippen LogP contribution in [0.5, 0.6) is 5.75 Å². The maximum Gasteiger partial charge on any atom is 0.330 e. The average molecular weight is 340 g/mol. The third-order valence-corrected chi connectivity index (χ3v) is 3.80. The highest BCUT2D eigenvalue weighted by molar-refractivity contribution is 5.81. The number of ether oxygens (including phenoxy) is 2. The summed E-state index contributed by atoms with van der Waals surface area (Å²) in [5.41, 5.74) is 2.00. The molecule has 2 atom stereocenters. The molecule has 5 heteroatoms. The molecule has 0 aliphatic carbocycles. The van der Waals surface area contributed by atoms with Gasteiger partial charge in [-0.05, 0) is 48.7 Å². The fourth-order valence-electron chi connectivity index (χ4n) is 2.48. The molecule has 0 bridgehead atoms. The fourth-order valence-corrected chi connectivity index (χ4v) is 2.48. The van der Waals surface area contributed by atoms with Crippen LogP contribution in [0.25, 0.3) is 0 Å². The van der Waals surface area contributed by atoms with E-state index >= 15 is 0 Å². The van der Waals surface area contributed by atoms with Gasteiger partial charge in [-0.15, -0.1) is 0 Å². The maximum atomic E-state index is 11.6.